The van der Waals surface area contributed by atoms with Gasteiger partial charge in [0.15, 0.2) is 0 Å². The number of hydrogen-bond donors (Lipinski definition) is 0. The third kappa shape index (κ3) is 5.34. The molecule has 0 radical (unpaired) electrons. The average Bonchev–Trinajstić information content (AvgIpc) is 4.01. The van der Waals surface area contributed by atoms with Crippen LogP contribution in [-0.4, -0.2) is 9.13 Å². The first-order valence-corrected chi connectivity index (χ1v) is 17.5. The van der Waals surface area contributed by atoms with Gasteiger partial charge in [-0.05, 0) is 105 Å². The van der Waals surface area contributed by atoms with E-state index in [1.54, 1.807) is 51.6 Å². The zero-order valence-corrected chi connectivity index (χ0v) is 29.0. The molecule has 0 saturated heterocycles. The molecule has 9 aromatic carbocycles. The summed E-state index contributed by atoms with van der Waals surface area (Å²) < 4.78 is 196. The highest BCUT2D eigenvalue weighted by atomic mass is 15.0. The maximum atomic E-state index is 9.40. The molecule has 2 aromatic heterocycles. The van der Waals surface area contributed by atoms with Gasteiger partial charge in [-0.1, -0.05) is 157 Å². The van der Waals surface area contributed by atoms with E-state index in [0.717, 1.165) is 0 Å². The molecule has 0 spiro atoms. The average molecular weight is 735 g/mol. The summed E-state index contributed by atoms with van der Waals surface area (Å²) in [5.74, 6) is 0. The second-order valence-electron chi connectivity index (χ2n) is 12.9. The number of para-hydroxylation sites is 2. The van der Waals surface area contributed by atoms with Crippen molar-refractivity contribution in [3.05, 3.63) is 218 Å². The van der Waals surface area contributed by atoms with E-state index in [1.807, 2.05) is 42.5 Å². The molecule has 0 amide bonds. The van der Waals surface area contributed by atoms with E-state index < -0.39 is 166 Å². The van der Waals surface area contributed by atoms with Crippen LogP contribution in [-0.2, 0) is 0 Å². The first-order chi connectivity index (χ1) is 36.9. The Morgan fingerprint density at radius 2 is 0.589 bits per heavy atom. The summed E-state index contributed by atoms with van der Waals surface area (Å²) in [5.41, 5.74) is -0.00382. The summed E-state index contributed by atoms with van der Waals surface area (Å²) >= 11 is 0. The molecule has 2 heterocycles. The van der Waals surface area contributed by atoms with Gasteiger partial charge in [-0.2, -0.15) is 0 Å². The van der Waals surface area contributed by atoms with E-state index in [1.165, 1.54) is 0 Å². The van der Waals surface area contributed by atoms with Crippen LogP contribution in [0.15, 0.2) is 218 Å². The molecule has 2 nitrogen and oxygen atoms in total. The van der Waals surface area contributed by atoms with Crippen LogP contribution >= 0.6 is 0 Å². The smallest absolute Gasteiger partial charge is 0.0645 e. The number of benzene rings is 9. The number of hydrogen-bond acceptors (Lipinski definition) is 0. The van der Waals surface area contributed by atoms with Gasteiger partial charge in [0.1, 0.15) is 0 Å². The van der Waals surface area contributed by atoms with Crippen molar-refractivity contribution < 1.29 is 30.2 Å². The standard InChI is InChI=1S/C54H36N2/c1-3-11-37(12-4-1)39-19-21-40(22-20-39)42-25-31-46(32-26-42)56-52-18-10-8-16-48(52)50-36-44(28-34-54(50)56)43-27-33-53-49(35-43)47-15-7-9-17-51(47)55(53)45-29-23-41(24-30-45)38-13-5-2-6-14-38/h1-36H/i1D,2D,3D,4D,5D,6D,11D,12D,13D,14D,19D,20D,21D,22D,23D,24D,25D,26D,29D,30D,31D,32D. The molecule has 0 aliphatic heterocycles. The summed E-state index contributed by atoms with van der Waals surface area (Å²) in [6.45, 7) is 0. The van der Waals surface area contributed by atoms with Crippen LogP contribution in [0.1, 0.15) is 30.2 Å². The lowest BCUT2D eigenvalue weighted by molar-refractivity contribution is 1.18. The minimum atomic E-state index is -0.814. The van der Waals surface area contributed by atoms with E-state index in [-0.39, 0.29) is 11.4 Å². The Bertz CT molecular complexity index is 4390. The first-order valence-electron chi connectivity index (χ1n) is 28.5. The zero-order valence-electron chi connectivity index (χ0n) is 51.0. The number of aromatic nitrogens is 2. The lowest BCUT2D eigenvalue weighted by Crippen LogP contribution is -1.94. The fourth-order valence-electron chi connectivity index (χ4n) is 7.18. The molecule has 0 saturated carbocycles. The molecule has 0 aliphatic carbocycles. The summed E-state index contributed by atoms with van der Waals surface area (Å²) in [6.07, 6.45) is 0. The van der Waals surface area contributed by atoms with Crippen LogP contribution in [0.3, 0.4) is 0 Å². The van der Waals surface area contributed by atoms with Gasteiger partial charge in [-0.25, -0.2) is 0 Å². The van der Waals surface area contributed by atoms with Crippen molar-refractivity contribution in [2.75, 3.05) is 0 Å². The van der Waals surface area contributed by atoms with Crippen LogP contribution in [0.5, 0.6) is 0 Å². The van der Waals surface area contributed by atoms with E-state index in [2.05, 4.69) is 0 Å². The van der Waals surface area contributed by atoms with Gasteiger partial charge < -0.3 is 9.13 Å². The van der Waals surface area contributed by atoms with Crippen molar-refractivity contribution >= 4 is 43.6 Å². The van der Waals surface area contributed by atoms with Gasteiger partial charge in [0.25, 0.3) is 0 Å². The fourth-order valence-corrected chi connectivity index (χ4v) is 7.18. The summed E-state index contributed by atoms with van der Waals surface area (Å²) in [4.78, 5) is 0. The Kier molecular flexibility index (Phi) is 3.98. The van der Waals surface area contributed by atoms with Crippen molar-refractivity contribution in [3.63, 3.8) is 0 Å². The van der Waals surface area contributed by atoms with E-state index in [9.17, 15) is 8.22 Å². The molecule has 56 heavy (non-hydrogen) atoms. The van der Waals surface area contributed by atoms with Crippen molar-refractivity contribution in [1.29, 1.82) is 0 Å². The molecule has 0 N–H and O–H groups in total. The summed E-state index contributed by atoms with van der Waals surface area (Å²) in [7, 11) is 0. The van der Waals surface area contributed by atoms with Crippen molar-refractivity contribution in [1.82, 2.24) is 9.13 Å². The molecule has 0 atom stereocenters. The number of rotatable bonds is 6. The Morgan fingerprint density at radius 3 is 0.982 bits per heavy atom. The first kappa shape index (κ1) is 16.9. The van der Waals surface area contributed by atoms with Crippen molar-refractivity contribution in [2.45, 2.75) is 0 Å². The quantitative estimate of drug-likeness (QED) is 0.161. The van der Waals surface area contributed by atoms with Gasteiger partial charge in [-0.15, -0.1) is 0 Å². The minimum absolute atomic E-state index is 0.121. The maximum Gasteiger partial charge on any atom is 0.0645 e. The molecule has 11 aromatic rings. The Labute approximate surface area is 356 Å². The monoisotopic (exact) mass is 734 g/mol. The molecule has 0 unspecified atom stereocenters. The zero-order chi connectivity index (χ0) is 56.1. The van der Waals surface area contributed by atoms with E-state index in [4.69, 9.17) is 21.9 Å². The third-order valence-electron chi connectivity index (χ3n) is 9.72. The predicted molar refractivity (Wildman–Crippen MR) is 237 cm³/mol. The van der Waals surface area contributed by atoms with Crippen LogP contribution in [0, 0.1) is 0 Å². The minimum Gasteiger partial charge on any atom is -0.309 e. The van der Waals surface area contributed by atoms with E-state index in [0.29, 0.717) is 54.7 Å². The molecular formula is C54H36N2. The SMILES string of the molecule is [2H]c1c([2H])c([2H])c(-c2c([2H])c([2H])c(-c3c([2H])c([2H])c(-n4c5ccccc5c5cc(-c6ccc7c(c6)c6ccccc6n7-c6c([2H])c([2H])c(-c7c([2H])c([2H])c([2H])c([2H])c7[2H])c([2H])c6[2H])ccc54)c([2H])c3[2H])c([2H])c2[2H])c([2H])c1[2H]. The molecule has 262 valence electrons. The second-order valence-corrected chi connectivity index (χ2v) is 12.9. The van der Waals surface area contributed by atoms with Gasteiger partial charge in [0.2, 0.25) is 0 Å². The molecule has 0 aliphatic rings. The highest BCUT2D eigenvalue weighted by Crippen LogP contribution is 2.39. The lowest BCUT2D eigenvalue weighted by atomic mass is 10.00. The lowest BCUT2D eigenvalue weighted by Gasteiger charge is -2.11. The fraction of sp³-hybridized carbons (Fsp3) is 0. The van der Waals surface area contributed by atoms with Gasteiger partial charge >= 0.3 is 0 Å². The van der Waals surface area contributed by atoms with Crippen LogP contribution in [0.4, 0.5) is 0 Å². The highest BCUT2D eigenvalue weighted by molar-refractivity contribution is 6.12. The van der Waals surface area contributed by atoms with Gasteiger partial charge in [0, 0.05) is 32.9 Å². The molecule has 2 heteroatoms. The Morgan fingerprint density at radius 1 is 0.268 bits per heavy atom. The van der Waals surface area contributed by atoms with Crippen LogP contribution in [0.2, 0.25) is 0 Å². The second kappa shape index (κ2) is 13.2. The van der Waals surface area contributed by atoms with Crippen molar-refractivity contribution in [2.24, 2.45) is 0 Å². The summed E-state index contributed by atoms with van der Waals surface area (Å²) in [5, 5.41) is 2.69. The molecule has 0 bridgehead atoms. The van der Waals surface area contributed by atoms with Gasteiger partial charge in [-0.3, -0.25) is 0 Å². The van der Waals surface area contributed by atoms with Crippen molar-refractivity contribution in [3.8, 4) is 55.9 Å². The number of nitrogens with zero attached hydrogens (tertiary/aromatic N) is 2. The predicted octanol–water partition coefficient (Wildman–Crippen LogP) is 14.5. The largest absolute Gasteiger partial charge is 0.309 e. The highest BCUT2D eigenvalue weighted by Gasteiger charge is 2.16. The molecule has 0 fully saturated rings. The van der Waals surface area contributed by atoms with Crippen LogP contribution < -0.4 is 0 Å². The Hall–Kier alpha value is -7.42. The third-order valence-corrected chi connectivity index (χ3v) is 9.72. The molecular weight excluding hydrogens is 677 g/mol. The summed E-state index contributed by atoms with van der Waals surface area (Å²) in [6, 6.07) is 10.3. The van der Waals surface area contributed by atoms with Crippen LogP contribution in [0.25, 0.3) is 99.5 Å². The maximum absolute atomic E-state index is 9.40. The number of fused-ring (bicyclic) bond motifs is 6. The topological polar surface area (TPSA) is 9.86 Å². The van der Waals surface area contributed by atoms with Gasteiger partial charge in [0.05, 0.1) is 52.2 Å². The van der Waals surface area contributed by atoms with E-state index >= 15 is 0 Å². The normalized spacial score (nSPS) is 17.1. The Balaban J connectivity index is 1.05. The molecule has 11 rings (SSSR count).